The van der Waals surface area contributed by atoms with Crippen molar-refractivity contribution < 1.29 is 4.74 Å². The molecule has 2 heteroatoms. The van der Waals surface area contributed by atoms with Gasteiger partial charge in [-0.05, 0) is 49.4 Å². The minimum absolute atomic E-state index is 0.694. The molecule has 6 aliphatic rings. The van der Waals surface area contributed by atoms with Gasteiger partial charge in [-0.15, -0.1) is 0 Å². The van der Waals surface area contributed by atoms with Crippen LogP contribution in [0.5, 0.6) is 0 Å². The number of hydrogen-bond acceptors (Lipinski definition) is 2. The van der Waals surface area contributed by atoms with Gasteiger partial charge >= 0.3 is 0 Å². The second-order valence-corrected chi connectivity index (χ2v) is 9.70. The molecule has 8 atom stereocenters. The van der Waals surface area contributed by atoms with E-state index in [0.29, 0.717) is 12.2 Å². The summed E-state index contributed by atoms with van der Waals surface area (Å²) in [6.07, 6.45) is 13.3. The molecule has 4 aliphatic carbocycles. The van der Waals surface area contributed by atoms with Crippen molar-refractivity contribution in [1.29, 1.82) is 0 Å². The second kappa shape index (κ2) is 3.21. The van der Waals surface area contributed by atoms with Gasteiger partial charge in [0.15, 0.2) is 0 Å². The lowest BCUT2D eigenvalue weighted by molar-refractivity contribution is -0.205. The van der Waals surface area contributed by atoms with E-state index in [-0.39, 0.29) is 0 Å². The molecule has 4 saturated carbocycles. The van der Waals surface area contributed by atoms with E-state index in [2.05, 4.69) is 11.8 Å². The highest BCUT2D eigenvalue weighted by Crippen LogP contribution is 2.87. The van der Waals surface area contributed by atoms with Crippen molar-refractivity contribution in [3.05, 3.63) is 0 Å². The first-order valence-corrected chi connectivity index (χ1v) is 9.64. The third kappa shape index (κ3) is 1.08. The Morgan fingerprint density at radius 1 is 0.947 bits per heavy atom. The molecule has 6 unspecified atom stereocenters. The first-order chi connectivity index (χ1) is 9.36. The normalized spacial score (nSPS) is 68.2. The van der Waals surface area contributed by atoms with E-state index in [1.165, 1.54) is 44.3 Å². The number of hydrogen-bond donors (Lipinski definition) is 0. The zero-order valence-electron chi connectivity index (χ0n) is 11.6. The van der Waals surface area contributed by atoms with Crippen LogP contribution in [0.1, 0.15) is 51.4 Å². The molecule has 0 N–H and O–H groups in total. The van der Waals surface area contributed by atoms with Gasteiger partial charge in [0.05, 0.1) is 12.2 Å². The SMILES string of the molecule is C1CCCC2(CS2)C2CC3C[C@H]4OC(CC1)[C@@]41C3C21. The Hall–Kier alpha value is 0.310. The van der Waals surface area contributed by atoms with Gasteiger partial charge in [0.2, 0.25) is 0 Å². The number of rotatable bonds is 0. The van der Waals surface area contributed by atoms with Crippen molar-refractivity contribution in [2.75, 3.05) is 5.75 Å². The minimum atomic E-state index is 0.694. The summed E-state index contributed by atoms with van der Waals surface area (Å²) in [6, 6.07) is 0. The zero-order valence-corrected chi connectivity index (χ0v) is 12.5. The monoisotopic (exact) mass is 276 g/mol. The van der Waals surface area contributed by atoms with Gasteiger partial charge in [0.25, 0.3) is 0 Å². The standard InChI is InChI=1S/C17H24OS/c1-2-4-6-16(9-19-16)11-7-10-8-13-17(14(10)15(11)17)12(18-13)5-3-1/h10-15H,1-9H2/t10?,11?,12?,13-,14?,15?,16?,17+/m1/s1. The molecular formula is C17H24OS. The Bertz CT molecular complexity index is 445. The van der Waals surface area contributed by atoms with Crippen molar-refractivity contribution in [3.8, 4) is 0 Å². The quantitative estimate of drug-likeness (QED) is 0.621. The molecule has 6 fully saturated rings. The summed E-state index contributed by atoms with van der Waals surface area (Å²) in [6.45, 7) is 0. The predicted molar refractivity (Wildman–Crippen MR) is 77.2 cm³/mol. The van der Waals surface area contributed by atoms with Gasteiger partial charge < -0.3 is 4.74 Å². The molecule has 2 heterocycles. The lowest BCUT2D eigenvalue weighted by atomic mass is 9.75. The Morgan fingerprint density at radius 2 is 1.84 bits per heavy atom. The van der Waals surface area contributed by atoms with E-state index in [9.17, 15) is 0 Å². The van der Waals surface area contributed by atoms with Crippen molar-refractivity contribution in [3.63, 3.8) is 0 Å². The van der Waals surface area contributed by atoms with Crippen LogP contribution in [0.3, 0.4) is 0 Å². The highest BCUT2D eigenvalue weighted by atomic mass is 32.2. The van der Waals surface area contributed by atoms with Crippen molar-refractivity contribution >= 4 is 11.8 Å². The van der Waals surface area contributed by atoms with E-state index in [1.54, 1.807) is 12.8 Å². The van der Waals surface area contributed by atoms with Crippen LogP contribution in [0.25, 0.3) is 0 Å². The van der Waals surface area contributed by atoms with Crippen LogP contribution in [0.2, 0.25) is 0 Å². The summed E-state index contributed by atoms with van der Waals surface area (Å²) in [5.74, 6) is 5.91. The average Bonchev–Trinajstić information content (AvgIpc) is 3.27. The van der Waals surface area contributed by atoms with Crippen LogP contribution in [0, 0.1) is 29.1 Å². The molecule has 0 aromatic carbocycles. The van der Waals surface area contributed by atoms with E-state index >= 15 is 0 Å². The summed E-state index contributed by atoms with van der Waals surface area (Å²) >= 11 is 2.33. The topological polar surface area (TPSA) is 9.23 Å². The maximum absolute atomic E-state index is 6.33. The van der Waals surface area contributed by atoms with Crippen molar-refractivity contribution in [2.45, 2.75) is 68.3 Å². The maximum atomic E-state index is 6.33. The van der Waals surface area contributed by atoms with Crippen molar-refractivity contribution in [1.82, 2.24) is 0 Å². The predicted octanol–water partition coefficient (Wildman–Crippen LogP) is 3.87. The molecule has 0 aromatic rings. The molecule has 0 amide bonds. The van der Waals surface area contributed by atoms with E-state index in [0.717, 1.165) is 33.8 Å². The third-order valence-corrected chi connectivity index (χ3v) is 9.44. The Morgan fingerprint density at radius 3 is 2.74 bits per heavy atom. The summed E-state index contributed by atoms with van der Waals surface area (Å²) in [5, 5.41) is 0. The molecule has 2 saturated heterocycles. The summed E-state index contributed by atoms with van der Waals surface area (Å²) in [4.78, 5) is 0. The number of thioether (sulfide) groups is 1. The minimum Gasteiger partial charge on any atom is -0.374 e. The van der Waals surface area contributed by atoms with Gasteiger partial charge in [0.1, 0.15) is 0 Å². The van der Waals surface area contributed by atoms with Crippen LogP contribution in [-0.4, -0.2) is 22.7 Å². The van der Waals surface area contributed by atoms with E-state index in [4.69, 9.17) is 4.74 Å². The molecule has 1 nitrogen and oxygen atoms in total. The molecule has 6 rings (SSSR count). The largest absolute Gasteiger partial charge is 0.374 e. The van der Waals surface area contributed by atoms with E-state index < -0.39 is 0 Å². The number of ether oxygens (including phenoxy) is 1. The van der Waals surface area contributed by atoms with Crippen LogP contribution < -0.4 is 0 Å². The molecule has 104 valence electrons. The number of fused-ring (bicyclic) bond motifs is 1. The fourth-order valence-electron chi connectivity index (χ4n) is 7.21. The highest BCUT2D eigenvalue weighted by molar-refractivity contribution is 8.07. The van der Waals surface area contributed by atoms with Gasteiger partial charge in [-0.3, -0.25) is 0 Å². The van der Waals surface area contributed by atoms with Gasteiger partial charge in [-0.25, -0.2) is 0 Å². The summed E-state index contributed by atoms with van der Waals surface area (Å²) in [7, 11) is 0. The van der Waals surface area contributed by atoms with Crippen LogP contribution in [0.4, 0.5) is 0 Å². The molecule has 19 heavy (non-hydrogen) atoms. The van der Waals surface area contributed by atoms with Gasteiger partial charge in [-0.1, -0.05) is 25.7 Å². The zero-order chi connectivity index (χ0) is 12.2. The fraction of sp³-hybridized carbons (Fsp3) is 1.00. The lowest BCUT2D eigenvalue weighted by Crippen LogP contribution is -2.51. The molecular weight excluding hydrogens is 252 g/mol. The van der Waals surface area contributed by atoms with Crippen LogP contribution in [0.15, 0.2) is 0 Å². The Kier molecular flexibility index (Phi) is 1.85. The summed E-state index contributed by atoms with van der Waals surface area (Å²) < 4.78 is 7.09. The molecule has 0 bridgehead atoms. The smallest absolute Gasteiger partial charge is 0.0668 e. The first-order valence-electron chi connectivity index (χ1n) is 8.66. The van der Waals surface area contributed by atoms with Crippen LogP contribution >= 0.6 is 11.8 Å². The second-order valence-electron chi connectivity index (χ2n) is 8.31. The van der Waals surface area contributed by atoms with Gasteiger partial charge in [0, 0.05) is 15.9 Å². The molecule has 0 radical (unpaired) electrons. The van der Waals surface area contributed by atoms with Crippen molar-refractivity contribution in [2.24, 2.45) is 29.1 Å². The lowest BCUT2D eigenvalue weighted by Gasteiger charge is -2.46. The molecule has 2 spiro atoms. The average molecular weight is 276 g/mol. The maximum Gasteiger partial charge on any atom is 0.0668 e. The molecule has 2 aliphatic heterocycles. The first kappa shape index (κ1) is 11.0. The fourth-order valence-corrected chi connectivity index (χ4v) is 8.50. The Labute approximate surface area is 120 Å². The molecule has 0 aromatic heterocycles. The van der Waals surface area contributed by atoms with Gasteiger partial charge in [-0.2, -0.15) is 11.8 Å². The van der Waals surface area contributed by atoms with E-state index in [1.807, 2.05) is 0 Å². The summed E-state index contributed by atoms with van der Waals surface area (Å²) in [5.41, 5.74) is 0.744. The highest BCUT2D eigenvalue weighted by Gasteiger charge is 2.88. The Balaban J connectivity index is 1.41. The third-order valence-electron chi connectivity index (χ3n) is 7.90. The van der Waals surface area contributed by atoms with Crippen LogP contribution in [-0.2, 0) is 4.74 Å².